The fourth-order valence-electron chi connectivity index (χ4n) is 2.75. The van der Waals surface area contributed by atoms with Crippen molar-refractivity contribution >= 4 is 0 Å². The summed E-state index contributed by atoms with van der Waals surface area (Å²) < 4.78 is 13.6. The fraction of sp³-hybridized carbons (Fsp3) is 0.625. The maximum absolute atomic E-state index is 13.6. The van der Waals surface area contributed by atoms with Gasteiger partial charge in [-0.15, -0.1) is 0 Å². The van der Waals surface area contributed by atoms with Gasteiger partial charge in [0.2, 0.25) is 0 Å². The van der Waals surface area contributed by atoms with Gasteiger partial charge in [-0.3, -0.25) is 11.3 Å². The molecule has 19 heavy (non-hydrogen) atoms. The minimum absolute atomic E-state index is 0.120. The Morgan fingerprint density at radius 2 is 1.89 bits per heavy atom. The van der Waals surface area contributed by atoms with Crippen LogP contribution in [0.4, 0.5) is 4.39 Å². The van der Waals surface area contributed by atoms with Gasteiger partial charge in [0, 0.05) is 6.04 Å². The van der Waals surface area contributed by atoms with Crippen molar-refractivity contribution in [3.63, 3.8) is 0 Å². The van der Waals surface area contributed by atoms with Crippen molar-refractivity contribution in [3.05, 3.63) is 35.6 Å². The summed E-state index contributed by atoms with van der Waals surface area (Å²) in [6.07, 6.45) is 2.74. The summed E-state index contributed by atoms with van der Waals surface area (Å²) in [5.41, 5.74) is 3.87. The number of rotatable bonds is 6. The van der Waals surface area contributed by atoms with Crippen LogP contribution in [0.15, 0.2) is 24.3 Å². The third kappa shape index (κ3) is 6.17. The van der Waals surface area contributed by atoms with Gasteiger partial charge in [-0.05, 0) is 42.2 Å². The maximum Gasteiger partial charge on any atom is 0.126 e. The van der Waals surface area contributed by atoms with Crippen molar-refractivity contribution in [1.29, 1.82) is 0 Å². The molecule has 0 aliphatic carbocycles. The molecule has 3 heteroatoms. The summed E-state index contributed by atoms with van der Waals surface area (Å²) in [4.78, 5) is 0. The van der Waals surface area contributed by atoms with Crippen molar-refractivity contribution in [2.24, 2.45) is 17.2 Å². The Morgan fingerprint density at radius 3 is 2.42 bits per heavy atom. The first-order chi connectivity index (χ1) is 8.81. The number of nitrogens with one attached hydrogen (secondary N) is 1. The molecule has 0 saturated heterocycles. The van der Waals surface area contributed by atoms with Crippen LogP contribution in [0.2, 0.25) is 0 Å². The Morgan fingerprint density at radius 1 is 1.26 bits per heavy atom. The van der Waals surface area contributed by atoms with E-state index in [1.807, 2.05) is 12.1 Å². The molecule has 0 heterocycles. The second kappa shape index (κ2) is 7.01. The van der Waals surface area contributed by atoms with Crippen molar-refractivity contribution in [1.82, 2.24) is 5.43 Å². The van der Waals surface area contributed by atoms with E-state index in [2.05, 4.69) is 33.1 Å². The molecule has 1 rings (SSSR count). The normalized spacial score (nSPS) is 15.3. The highest BCUT2D eigenvalue weighted by Gasteiger charge is 2.19. The highest BCUT2D eigenvalue weighted by atomic mass is 19.1. The van der Waals surface area contributed by atoms with Crippen molar-refractivity contribution in [2.45, 2.75) is 53.0 Å². The van der Waals surface area contributed by atoms with Gasteiger partial charge in [0.1, 0.15) is 5.82 Å². The highest BCUT2D eigenvalue weighted by Crippen LogP contribution is 2.27. The third-order valence-corrected chi connectivity index (χ3v) is 3.31. The van der Waals surface area contributed by atoms with Gasteiger partial charge in [0.05, 0.1) is 0 Å². The first kappa shape index (κ1) is 16.1. The first-order valence-corrected chi connectivity index (χ1v) is 7.01. The molecule has 0 aromatic heterocycles. The smallest absolute Gasteiger partial charge is 0.126 e. The number of halogens is 1. The summed E-state index contributed by atoms with van der Waals surface area (Å²) in [6, 6.07) is 7.03. The average Bonchev–Trinajstić information content (AvgIpc) is 2.28. The van der Waals surface area contributed by atoms with Crippen LogP contribution in [0.1, 0.15) is 46.1 Å². The predicted octanol–water partition coefficient (Wildman–Crippen LogP) is 3.66. The minimum atomic E-state index is -0.147. The van der Waals surface area contributed by atoms with Crippen molar-refractivity contribution < 1.29 is 4.39 Å². The molecule has 0 amide bonds. The fourth-order valence-corrected chi connectivity index (χ4v) is 2.75. The molecule has 0 spiro atoms. The predicted molar refractivity (Wildman–Crippen MR) is 79.1 cm³/mol. The zero-order chi connectivity index (χ0) is 14.5. The Hall–Kier alpha value is -0.930. The lowest BCUT2D eigenvalue weighted by Crippen LogP contribution is -2.38. The number of hydrogen-bond donors (Lipinski definition) is 2. The highest BCUT2D eigenvalue weighted by molar-refractivity contribution is 5.18. The van der Waals surface area contributed by atoms with E-state index in [1.165, 1.54) is 6.07 Å². The molecular weight excluding hydrogens is 239 g/mol. The van der Waals surface area contributed by atoms with Gasteiger partial charge >= 0.3 is 0 Å². The summed E-state index contributed by atoms with van der Waals surface area (Å²) in [7, 11) is 0. The Kier molecular flexibility index (Phi) is 5.95. The van der Waals surface area contributed by atoms with Gasteiger partial charge in [0.25, 0.3) is 0 Å². The molecule has 0 bridgehead atoms. The van der Waals surface area contributed by atoms with Crippen LogP contribution < -0.4 is 11.3 Å². The lowest BCUT2D eigenvalue weighted by Gasteiger charge is -2.26. The molecule has 2 unspecified atom stereocenters. The molecular formula is C16H27FN2. The van der Waals surface area contributed by atoms with E-state index in [4.69, 9.17) is 5.84 Å². The third-order valence-electron chi connectivity index (χ3n) is 3.31. The summed E-state index contributed by atoms with van der Waals surface area (Å²) in [6.45, 7) is 8.96. The molecule has 108 valence electrons. The summed E-state index contributed by atoms with van der Waals surface area (Å²) in [5, 5.41) is 0. The molecule has 0 aliphatic heterocycles. The van der Waals surface area contributed by atoms with E-state index in [-0.39, 0.29) is 11.9 Å². The van der Waals surface area contributed by atoms with Gasteiger partial charge < -0.3 is 0 Å². The van der Waals surface area contributed by atoms with Crippen molar-refractivity contribution in [2.75, 3.05) is 0 Å². The molecule has 0 aliphatic rings. The van der Waals surface area contributed by atoms with Crippen LogP contribution in [0.5, 0.6) is 0 Å². The van der Waals surface area contributed by atoms with E-state index >= 15 is 0 Å². The van der Waals surface area contributed by atoms with E-state index in [0.717, 1.165) is 18.4 Å². The molecule has 0 saturated carbocycles. The average molecular weight is 266 g/mol. The second-order valence-electron chi connectivity index (χ2n) is 6.76. The van der Waals surface area contributed by atoms with Crippen LogP contribution >= 0.6 is 0 Å². The van der Waals surface area contributed by atoms with Gasteiger partial charge in [-0.25, -0.2) is 4.39 Å². The number of hydrazine groups is 1. The maximum atomic E-state index is 13.6. The lowest BCUT2D eigenvalue weighted by atomic mass is 9.82. The van der Waals surface area contributed by atoms with Crippen molar-refractivity contribution in [3.8, 4) is 0 Å². The summed E-state index contributed by atoms with van der Waals surface area (Å²) in [5.74, 6) is 6.03. The van der Waals surface area contributed by atoms with Crippen LogP contribution in [-0.2, 0) is 6.42 Å². The van der Waals surface area contributed by atoms with E-state index in [9.17, 15) is 4.39 Å². The molecule has 2 atom stereocenters. The largest absolute Gasteiger partial charge is 0.271 e. The zero-order valence-corrected chi connectivity index (χ0v) is 12.5. The Labute approximate surface area is 116 Å². The SMILES string of the molecule is CC(CC(Cc1ccccc1F)NN)CC(C)(C)C. The number of nitrogens with two attached hydrogens (primary N) is 1. The lowest BCUT2D eigenvalue weighted by molar-refractivity contribution is 0.274. The zero-order valence-electron chi connectivity index (χ0n) is 12.5. The van der Waals surface area contributed by atoms with E-state index in [1.54, 1.807) is 6.07 Å². The van der Waals surface area contributed by atoms with Crippen LogP contribution in [0, 0.1) is 17.2 Å². The molecule has 0 radical (unpaired) electrons. The molecule has 1 aromatic carbocycles. The first-order valence-electron chi connectivity index (χ1n) is 7.01. The monoisotopic (exact) mass is 266 g/mol. The van der Waals surface area contributed by atoms with Crippen LogP contribution in [0.25, 0.3) is 0 Å². The topological polar surface area (TPSA) is 38.0 Å². The van der Waals surface area contributed by atoms with E-state index in [0.29, 0.717) is 17.8 Å². The quantitative estimate of drug-likeness (QED) is 0.609. The molecule has 2 nitrogen and oxygen atoms in total. The van der Waals surface area contributed by atoms with Gasteiger partial charge in [0.15, 0.2) is 0 Å². The van der Waals surface area contributed by atoms with Gasteiger partial charge in [-0.1, -0.05) is 45.9 Å². The molecule has 1 aromatic rings. The minimum Gasteiger partial charge on any atom is -0.271 e. The summed E-state index contributed by atoms with van der Waals surface area (Å²) >= 11 is 0. The van der Waals surface area contributed by atoms with Gasteiger partial charge in [-0.2, -0.15) is 0 Å². The number of benzene rings is 1. The number of hydrogen-bond acceptors (Lipinski definition) is 2. The standard InChI is InChI=1S/C16H27FN2/c1-12(11-16(2,3)4)9-14(19-18)10-13-7-5-6-8-15(13)17/h5-8,12,14,19H,9-11,18H2,1-4H3. The van der Waals surface area contributed by atoms with E-state index < -0.39 is 0 Å². The Bertz CT molecular complexity index is 385. The van der Waals surface area contributed by atoms with Crippen LogP contribution in [0.3, 0.4) is 0 Å². The van der Waals surface area contributed by atoms with Crippen LogP contribution in [-0.4, -0.2) is 6.04 Å². The molecule has 3 N–H and O–H groups in total. The second-order valence-corrected chi connectivity index (χ2v) is 6.76. The Balaban J connectivity index is 2.57. The molecule has 0 fully saturated rings.